The zero-order chi connectivity index (χ0) is 23.1. The predicted molar refractivity (Wildman–Crippen MR) is 111 cm³/mol. The van der Waals surface area contributed by atoms with Crippen molar-refractivity contribution in [2.24, 2.45) is 0 Å². The Morgan fingerprint density at radius 1 is 0.844 bits per heavy atom. The fourth-order valence-corrected chi connectivity index (χ4v) is 2.62. The Kier molecular flexibility index (Phi) is 6.95. The fourth-order valence-electron chi connectivity index (χ4n) is 2.62. The fraction of sp³-hybridized carbons (Fsp3) is 0.200. The van der Waals surface area contributed by atoms with Gasteiger partial charge in [-0.2, -0.15) is 10.2 Å². The number of rotatable bonds is 5. The lowest BCUT2D eigenvalue weighted by Crippen LogP contribution is -2.04. The highest BCUT2D eigenvalue weighted by molar-refractivity contribution is 5.90. The van der Waals surface area contributed by atoms with Crippen LogP contribution in [0.1, 0.15) is 39.0 Å². The van der Waals surface area contributed by atoms with Crippen LogP contribution < -0.4 is 0 Å². The lowest BCUT2D eigenvalue weighted by Gasteiger charge is -1.98. The first-order valence-electron chi connectivity index (χ1n) is 9.44. The molecule has 4 heterocycles. The molecule has 0 saturated heterocycles. The SMILES string of the molecule is CCOC(=O)c1cn(-c2cncnc2)nc1C.Cc1nn(-c2cncnc2)cc1C(=O)O. The minimum Gasteiger partial charge on any atom is -0.478 e. The summed E-state index contributed by atoms with van der Waals surface area (Å²) in [5.74, 6) is -1.36. The Morgan fingerprint density at radius 2 is 1.28 bits per heavy atom. The van der Waals surface area contributed by atoms with Crippen LogP contribution in [0, 0.1) is 13.8 Å². The van der Waals surface area contributed by atoms with Crippen LogP contribution in [0.2, 0.25) is 0 Å². The van der Waals surface area contributed by atoms with Gasteiger partial charge in [0.2, 0.25) is 0 Å². The molecule has 0 radical (unpaired) electrons. The molecule has 0 unspecified atom stereocenters. The van der Waals surface area contributed by atoms with Crippen LogP contribution in [-0.4, -0.2) is 63.1 Å². The number of carbonyl (C=O) groups is 2. The number of nitrogens with zero attached hydrogens (tertiary/aromatic N) is 8. The number of hydrogen-bond acceptors (Lipinski definition) is 9. The number of hydrogen-bond donors (Lipinski definition) is 1. The van der Waals surface area contributed by atoms with Crippen LogP contribution in [-0.2, 0) is 4.74 Å². The highest BCUT2D eigenvalue weighted by Gasteiger charge is 2.15. The van der Waals surface area contributed by atoms with E-state index in [2.05, 4.69) is 30.1 Å². The van der Waals surface area contributed by atoms with Gasteiger partial charge in [0, 0.05) is 12.4 Å². The molecule has 0 fully saturated rings. The Hall–Kier alpha value is -4.48. The van der Waals surface area contributed by atoms with Crippen LogP contribution in [0.4, 0.5) is 0 Å². The minimum absolute atomic E-state index is 0.179. The summed E-state index contributed by atoms with van der Waals surface area (Å²) in [7, 11) is 0. The highest BCUT2D eigenvalue weighted by Crippen LogP contribution is 2.12. The number of aromatic nitrogens is 8. The molecular weight excluding hydrogens is 416 g/mol. The molecule has 32 heavy (non-hydrogen) atoms. The Morgan fingerprint density at radius 3 is 1.69 bits per heavy atom. The average Bonchev–Trinajstić information content (AvgIpc) is 3.39. The molecule has 0 aliphatic rings. The van der Waals surface area contributed by atoms with Crippen molar-refractivity contribution in [1.82, 2.24) is 39.5 Å². The van der Waals surface area contributed by atoms with E-state index in [1.165, 1.54) is 23.5 Å². The Bertz CT molecular complexity index is 1210. The van der Waals surface area contributed by atoms with Gasteiger partial charge in [-0.1, -0.05) is 0 Å². The van der Waals surface area contributed by atoms with Gasteiger partial charge in [-0.15, -0.1) is 0 Å². The molecule has 12 nitrogen and oxygen atoms in total. The summed E-state index contributed by atoms with van der Waals surface area (Å²) < 4.78 is 7.93. The van der Waals surface area contributed by atoms with Gasteiger partial charge in [0.05, 0.1) is 42.8 Å². The third kappa shape index (κ3) is 5.16. The van der Waals surface area contributed by atoms with Gasteiger partial charge < -0.3 is 9.84 Å². The molecule has 4 rings (SSSR count). The van der Waals surface area contributed by atoms with Gasteiger partial charge >= 0.3 is 11.9 Å². The van der Waals surface area contributed by atoms with Gasteiger partial charge in [0.15, 0.2) is 0 Å². The average molecular weight is 436 g/mol. The number of carboxylic acid groups (broad SMARTS) is 1. The second-order valence-electron chi connectivity index (χ2n) is 6.36. The maximum absolute atomic E-state index is 11.6. The van der Waals surface area contributed by atoms with Crippen molar-refractivity contribution in [2.75, 3.05) is 6.61 Å². The van der Waals surface area contributed by atoms with Gasteiger partial charge in [-0.3, -0.25) is 0 Å². The largest absolute Gasteiger partial charge is 0.478 e. The van der Waals surface area contributed by atoms with Crippen molar-refractivity contribution in [3.8, 4) is 11.4 Å². The summed E-state index contributed by atoms with van der Waals surface area (Å²) in [5, 5.41) is 17.1. The smallest absolute Gasteiger partial charge is 0.341 e. The van der Waals surface area contributed by atoms with E-state index < -0.39 is 5.97 Å². The van der Waals surface area contributed by atoms with Gasteiger partial charge in [0.25, 0.3) is 0 Å². The standard InChI is InChI=1S/C11H12N4O2.C9H8N4O2/c1-3-17-11(16)10-6-15(14-8(10)2)9-4-12-7-13-5-9;1-6-8(9(14)15)4-13(12-6)7-2-10-5-11-3-7/h4-7H,3H2,1-2H3;2-5H,1H3,(H,14,15). The summed E-state index contributed by atoms with van der Waals surface area (Å²) in [4.78, 5) is 37.8. The third-order valence-corrected chi connectivity index (χ3v) is 4.15. The zero-order valence-electron chi connectivity index (χ0n) is 17.6. The molecule has 0 aromatic carbocycles. The van der Waals surface area contributed by atoms with Crippen molar-refractivity contribution in [1.29, 1.82) is 0 Å². The minimum atomic E-state index is -0.990. The quantitative estimate of drug-likeness (QED) is 0.459. The normalized spacial score (nSPS) is 10.2. The topological polar surface area (TPSA) is 151 Å². The van der Waals surface area contributed by atoms with Crippen molar-refractivity contribution < 1.29 is 19.4 Å². The maximum Gasteiger partial charge on any atom is 0.341 e. The maximum atomic E-state index is 11.6. The molecule has 0 bridgehead atoms. The number of aryl methyl sites for hydroxylation is 2. The number of carboxylic acids is 1. The number of ether oxygens (including phenoxy) is 1. The van der Waals surface area contributed by atoms with E-state index in [4.69, 9.17) is 9.84 Å². The Labute approximate surface area is 182 Å². The zero-order valence-corrected chi connectivity index (χ0v) is 17.6. The molecule has 4 aromatic rings. The molecular formula is C20H20N8O4. The second kappa shape index (κ2) is 10.0. The van der Waals surface area contributed by atoms with Gasteiger partial charge in [0.1, 0.15) is 35.2 Å². The summed E-state index contributed by atoms with van der Waals surface area (Å²) in [6.07, 6.45) is 12.3. The first kappa shape index (κ1) is 22.2. The van der Waals surface area contributed by atoms with Crippen molar-refractivity contribution in [3.63, 3.8) is 0 Å². The number of esters is 1. The second-order valence-corrected chi connectivity index (χ2v) is 6.36. The lowest BCUT2D eigenvalue weighted by molar-refractivity contribution is 0.0525. The van der Waals surface area contributed by atoms with Crippen LogP contribution in [0.5, 0.6) is 0 Å². The van der Waals surface area contributed by atoms with Gasteiger partial charge in [-0.05, 0) is 20.8 Å². The van der Waals surface area contributed by atoms with E-state index in [-0.39, 0.29) is 11.5 Å². The third-order valence-electron chi connectivity index (χ3n) is 4.15. The first-order valence-corrected chi connectivity index (χ1v) is 9.44. The lowest BCUT2D eigenvalue weighted by atomic mass is 10.3. The molecule has 164 valence electrons. The molecule has 0 aliphatic heterocycles. The number of carbonyl (C=O) groups excluding carboxylic acids is 1. The predicted octanol–water partition coefficient (Wildman–Crippen LogP) is 1.82. The molecule has 12 heteroatoms. The van der Waals surface area contributed by atoms with E-state index in [0.29, 0.717) is 34.9 Å². The molecule has 1 N–H and O–H groups in total. The first-order chi connectivity index (χ1) is 15.4. The number of aromatic carboxylic acids is 1. The van der Waals surface area contributed by atoms with Crippen LogP contribution >= 0.6 is 0 Å². The monoisotopic (exact) mass is 436 g/mol. The van der Waals surface area contributed by atoms with Gasteiger partial charge in [-0.25, -0.2) is 38.9 Å². The van der Waals surface area contributed by atoms with Crippen molar-refractivity contribution >= 4 is 11.9 Å². The summed E-state index contributed by atoms with van der Waals surface area (Å²) in [6, 6.07) is 0. The molecule has 4 aromatic heterocycles. The van der Waals surface area contributed by atoms with Crippen molar-refractivity contribution in [2.45, 2.75) is 20.8 Å². The van der Waals surface area contributed by atoms with E-state index in [1.54, 1.807) is 56.4 Å². The Balaban J connectivity index is 0.000000182. The van der Waals surface area contributed by atoms with Crippen molar-refractivity contribution in [3.05, 3.63) is 72.4 Å². The van der Waals surface area contributed by atoms with Crippen LogP contribution in [0.3, 0.4) is 0 Å². The van der Waals surface area contributed by atoms with Crippen LogP contribution in [0.25, 0.3) is 11.4 Å². The summed E-state index contributed by atoms with van der Waals surface area (Å²) in [5.41, 5.74) is 3.05. The molecule has 0 spiro atoms. The van der Waals surface area contributed by atoms with Crippen LogP contribution in [0.15, 0.2) is 49.8 Å². The van der Waals surface area contributed by atoms with E-state index in [9.17, 15) is 9.59 Å². The van der Waals surface area contributed by atoms with E-state index in [1.807, 2.05) is 0 Å². The molecule has 0 aliphatic carbocycles. The summed E-state index contributed by atoms with van der Waals surface area (Å²) >= 11 is 0. The van der Waals surface area contributed by atoms with E-state index >= 15 is 0 Å². The highest BCUT2D eigenvalue weighted by atomic mass is 16.5. The molecule has 0 amide bonds. The molecule has 0 atom stereocenters. The van der Waals surface area contributed by atoms with E-state index in [0.717, 1.165) is 0 Å². The molecule has 0 saturated carbocycles. The summed E-state index contributed by atoms with van der Waals surface area (Å²) in [6.45, 7) is 5.51.